The van der Waals surface area contributed by atoms with Gasteiger partial charge in [0.1, 0.15) is 0 Å². The molecular formula is C16H22F2N2O5S. The first-order valence-corrected chi connectivity index (χ1v) is 9.94. The van der Waals surface area contributed by atoms with E-state index in [1.165, 1.54) is 43.5 Å². The van der Waals surface area contributed by atoms with E-state index in [9.17, 15) is 22.0 Å². The number of alkyl halides is 2. The van der Waals surface area contributed by atoms with Crippen LogP contribution in [0.5, 0.6) is 11.5 Å². The van der Waals surface area contributed by atoms with E-state index >= 15 is 0 Å². The molecule has 26 heavy (non-hydrogen) atoms. The van der Waals surface area contributed by atoms with E-state index in [0.717, 1.165) is 6.42 Å². The van der Waals surface area contributed by atoms with Crippen LogP contribution in [0.4, 0.5) is 19.3 Å². The molecule has 1 saturated carbocycles. The first-order chi connectivity index (χ1) is 12.1. The Labute approximate surface area is 151 Å². The van der Waals surface area contributed by atoms with Crippen molar-refractivity contribution in [1.29, 1.82) is 0 Å². The first kappa shape index (κ1) is 20.2. The number of methoxy groups -OCH3 is 1. The maximum Gasteiger partial charge on any atom is 0.387 e. The summed E-state index contributed by atoms with van der Waals surface area (Å²) in [5.41, 5.74) is 0.229. The van der Waals surface area contributed by atoms with Crippen LogP contribution in [0.2, 0.25) is 0 Å². The van der Waals surface area contributed by atoms with Crippen LogP contribution in [0.15, 0.2) is 18.2 Å². The topological polar surface area (TPSA) is 84.9 Å². The van der Waals surface area contributed by atoms with Crippen molar-refractivity contribution in [3.05, 3.63) is 18.2 Å². The summed E-state index contributed by atoms with van der Waals surface area (Å²) in [6.07, 6.45) is 2.98. The number of benzene rings is 1. The molecule has 1 aliphatic rings. The van der Waals surface area contributed by atoms with Crippen LogP contribution in [0.1, 0.15) is 19.3 Å². The molecule has 1 N–H and O–H groups in total. The Morgan fingerprint density at radius 1 is 1.31 bits per heavy atom. The summed E-state index contributed by atoms with van der Waals surface area (Å²) >= 11 is 0. The highest BCUT2D eigenvalue weighted by atomic mass is 32.2. The smallest absolute Gasteiger partial charge is 0.387 e. The third kappa shape index (κ3) is 4.75. The predicted octanol–water partition coefficient (Wildman–Crippen LogP) is 2.73. The van der Waals surface area contributed by atoms with Crippen LogP contribution < -0.4 is 14.8 Å². The number of halogens is 2. The van der Waals surface area contributed by atoms with E-state index < -0.39 is 33.8 Å². The maximum atomic E-state index is 12.5. The van der Waals surface area contributed by atoms with Crippen LogP contribution in [0.3, 0.4) is 0 Å². The SMILES string of the molecule is COc1ccc(NC(=O)N(C)[C@@H]2CCC[C@H]2S(C)(=O)=O)cc1OC(F)F. The lowest BCUT2D eigenvalue weighted by atomic mass is 10.2. The van der Waals surface area contributed by atoms with Gasteiger partial charge in [0.05, 0.1) is 12.4 Å². The second kappa shape index (κ2) is 8.07. The second-order valence-corrected chi connectivity index (χ2v) is 8.42. The van der Waals surface area contributed by atoms with Crippen LogP contribution in [0, 0.1) is 0 Å². The molecule has 2 rings (SSSR count). The Kier molecular flexibility index (Phi) is 6.27. The zero-order valence-electron chi connectivity index (χ0n) is 14.7. The Bertz CT molecular complexity index is 757. The molecule has 7 nitrogen and oxygen atoms in total. The van der Waals surface area contributed by atoms with Crippen molar-refractivity contribution >= 4 is 21.6 Å². The van der Waals surface area contributed by atoms with Crippen LogP contribution in [-0.4, -0.2) is 57.7 Å². The van der Waals surface area contributed by atoms with Crippen molar-refractivity contribution in [2.45, 2.75) is 37.2 Å². The van der Waals surface area contributed by atoms with Crippen molar-refractivity contribution in [2.75, 3.05) is 25.7 Å². The Morgan fingerprint density at radius 2 is 2.00 bits per heavy atom. The fraction of sp³-hybridized carbons (Fsp3) is 0.562. The normalized spacial score (nSPS) is 20.1. The fourth-order valence-electron chi connectivity index (χ4n) is 3.15. The molecule has 1 aromatic carbocycles. The van der Waals surface area contributed by atoms with Gasteiger partial charge in [0.2, 0.25) is 0 Å². The van der Waals surface area contributed by atoms with E-state index in [4.69, 9.17) is 4.74 Å². The second-order valence-electron chi connectivity index (χ2n) is 6.15. The van der Waals surface area contributed by atoms with Gasteiger partial charge >= 0.3 is 12.6 Å². The number of amides is 2. The molecule has 0 heterocycles. The zero-order valence-corrected chi connectivity index (χ0v) is 15.6. The summed E-state index contributed by atoms with van der Waals surface area (Å²) < 4.78 is 58.1. The van der Waals surface area contributed by atoms with Crippen molar-refractivity contribution in [3.63, 3.8) is 0 Å². The number of nitrogens with zero attached hydrogens (tertiary/aromatic N) is 1. The average Bonchev–Trinajstić information content (AvgIpc) is 3.03. The highest BCUT2D eigenvalue weighted by Gasteiger charge is 2.38. The number of hydrogen-bond acceptors (Lipinski definition) is 5. The minimum Gasteiger partial charge on any atom is -0.493 e. The van der Waals surface area contributed by atoms with Gasteiger partial charge in [-0.2, -0.15) is 8.78 Å². The van der Waals surface area contributed by atoms with Gasteiger partial charge in [-0.3, -0.25) is 0 Å². The van der Waals surface area contributed by atoms with Gasteiger partial charge in [-0.1, -0.05) is 0 Å². The standard InChI is InChI=1S/C16H22F2N2O5S/c1-20(11-5-4-6-14(11)26(3,22)23)16(21)19-10-7-8-12(24-2)13(9-10)25-15(17)18/h7-9,11,14-15H,4-6H2,1-3H3,(H,19,21)/t11-,14-/m1/s1. The summed E-state index contributed by atoms with van der Waals surface area (Å²) in [5.74, 6) is -0.109. The Morgan fingerprint density at radius 3 is 2.58 bits per heavy atom. The third-order valence-electron chi connectivity index (χ3n) is 4.42. The van der Waals surface area contributed by atoms with Gasteiger partial charge in [-0.25, -0.2) is 13.2 Å². The molecule has 0 aliphatic heterocycles. The van der Waals surface area contributed by atoms with Gasteiger partial charge in [-0.05, 0) is 31.4 Å². The highest BCUT2D eigenvalue weighted by Crippen LogP contribution is 2.32. The molecule has 0 spiro atoms. The Hall–Kier alpha value is -2.10. The number of nitrogens with one attached hydrogen (secondary N) is 1. The van der Waals surface area contributed by atoms with Crippen molar-refractivity contribution in [3.8, 4) is 11.5 Å². The van der Waals surface area contributed by atoms with E-state index in [2.05, 4.69) is 10.1 Å². The van der Waals surface area contributed by atoms with Crippen molar-refractivity contribution in [2.24, 2.45) is 0 Å². The average molecular weight is 392 g/mol. The predicted molar refractivity (Wildman–Crippen MR) is 92.7 cm³/mol. The highest BCUT2D eigenvalue weighted by molar-refractivity contribution is 7.91. The molecule has 2 atom stereocenters. The Balaban J connectivity index is 2.14. The lowest BCUT2D eigenvalue weighted by Gasteiger charge is -2.29. The molecule has 0 radical (unpaired) electrons. The quantitative estimate of drug-likeness (QED) is 0.805. The summed E-state index contributed by atoms with van der Waals surface area (Å²) in [7, 11) is -0.446. The molecule has 0 saturated heterocycles. The lowest BCUT2D eigenvalue weighted by molar-refractivity contribution is -0.0511. The van der Waals surface area contributed by atoms with Gasteiger partial charge in [0.15, 0.2) is 21.3 Å². The largest absolute Gasteiger partial charge is 0.493 e. The lowest BCUT2D eigenvalue weighted by Crippen LogP contribution is -2.46. The number of anilines is 1. The molecule has 0 unspecified atom stereocenters. The minimum atomic E-state index is -3.27. The zero-order chi connectivity index (χ0) is 19.5. The first-order valence-electron chi connectivity index (χ1n) is 7.99. The summed E-state index contributed by atoms with van der Waals surface area (Å²) in [6, 6.07) is 3.13. The molecule has 10 heteroatoms. The van der Waals surface area contributed by atoms with Gasteiger partial charge < -0.3 is 19.7 Å². The maximum absolute atomic E-state index is 12.5. The van der Waals surface area contributed by atoms with Gasteiger partial charge in [0.25, 0.3) is 0 Å². The summed E-state index contributed by atoms with van der Waals surface area (Å²) in [6.45, 7) is -3.04. The number of sulfone groups is 1. The number of hydrogen-bond donors (Lipinski definition) is 1. The summed E-state index contributed by atoms with van der Waals surface area (Å²) in [5, 5.41) is 1.96. The van der Waals surface area contributed by atoms with Crippen LogP contribution >= 0.6 is 0 Å². The van der Waals surface area contributed by atoms with Gasteiger partial charge in [0, 0.05) is 31.1 Å². The number of carbonyl (C=O) groups is 1. The molecular weight excluding hydrogens is 370 g/mol. The van der Waals surface area contributed by atoms with E-state index in [1.54, 1.807) is 0 Å². The van der Waals surface area contributed by atoms with E-state index in [1.807, 2.05) is 0 Å². The van der Waals surface area contributed by atoms with Crippen molar-refractivity contribution in [1.82, 2.24) is 4.90 Å². The number of ether oxygens (including phenoxy) is 2. The fourth-order valence-corrected chi connectivity index (χ4v) is 4.64. The third-order valence-corrected chi connectivity index (χ3v) is 6.07. The molecule has 2 amide bonds. The van der Waals surface area contributed by atoms with E-state index in [0.29, 0.717) is 12.8 Å². The van der Waals surface area contributed by atoms with Gasteiger partial charge in [-0.15, -0.1) is 0 Å². The molecule has 0 bridgehead atoms. The summed E-state index contributed by atoms with van der Waals surface area (Å²) in [4.78, 5) is 13.8. The minimum absolute atomic E-state index is 0.101. The number of carbonyl (C=O) groups excluding carboxylic acids is 1. The van der Waals surface area contributed by atoms with Crippen LogP contribution in [-0.2, 0) is 9.84 Å². The van der Waals surface area contributed by atoms with Crippen molar-refractivity contribution < 1.29 is 31.5 Å². The molecule has 1 aliphatic carbocycles. The molecule has 1 aromatic rings. The number of rotatable bonds is 6. The number of urea groups is 1. The molecule has 0 aromatic heterocycles. The monoisotopic (exact) mass is 392 g/mol. The van der Waals surface area contributed by atoms with E-state index in [-0.39, 0.29) is 17.2 Å². The molecule has 1 fully saturated rings. The molecule has 146 valence electrons. The van der Waals surface area contributed by atoms with Crippen LogP contribution in [0.25, 0.3) is 0 Å².